The molecule has 0 radical (unpaired) electrons. The van der Waals surface area contributed by atoms with Gasteiger partial charge in [0, 0.05) is 19.2 Å². The van der Waals surface area contributed by atoms with Crippen LogP contribution in [0.5, 0.6) is 0 Å². The van der Waals surface area contributed by atoms with E-state index in [-0.39, 0.29) is 17.0 Å². The SMILES string of the molecule is O=S(=O)(Cc1ccccc1)c1ncc(CN(CC2CCCO2)C(=S)NC2CC2)n1Cc1ccccc1. The van der Waals surface area contributed by atoms with E-state index in [1.807, 2.05) is 65.2 Å². The van der Waals surface area contributed by atoms with Gasteiger partial charge < -0.3 is 19.5 Å². The Morgan fingerprint density at radius 3 is 2.39 bits per heavy atom. The highest BCUT2D eigenvalue weighted by atomic mass is 32.2. The number of thiocarbonyl (C=S) groups is 1. The molecule has 1 unspecified atom stereocenters. The number of hydrogen-bond acceptors (Lipinski definition) is 5. The molecule has 5 rings (SSSR count). The number of nitrogens with one attached hydrogen (secondary N) is 1. The summed E-state index contributed by atoms with van der Waals surface area (Å²) in [7, 11) is -3.67. The maximum atomic E-state index is 13.5. The van der Waals surface area contributed by atoms with Gasteiger partial charge in [-0.05, 0) is 49.0 Å². The highest BCUT2D eigenvalue weighted by Gasteiger charge is 2.29. The molecule has 1 saturated heterocycles. The van der Waals surface area contributed by atoms with Crippen molar-refractivity contribution in [2.45, 2.75) is 61.8 Å². The zero-order valence-corrected chi connectivity index (χ0v) is 21.9. The lowest BCUT2D eigenvalue weighted by Gasteiger charge is -2.28. The molecule has 190 valence electrons. The number of rotatable bonds is 10. The Kier molecular flexibility index (Phi) is 7.69. The second-order valence-electron chi connectivity index (χ2n) is 9.59. The van der Waals surface area contributed by atoms with Crippen molar-refractivity contribution < 1.29 is 13.2 Å². The number of benzene rings is 2. The number of nitrogens with zero attached hydrogens (tertiary/aromatic N) is 3. The van der Waals surface area contributed by atoms with E-state index in [1.165, 1.54) is 0 Å². The molecule has 0 spiro atoms. The Balaban J connectivity index is 1.45. The average molecular weight is 525 g/mol. The van der Waals surface area contributed by atoms with Crippen molar-refractivity contribution in [1.82, 2.24) is 19.8 Å². The summed E-state index contributed by atoms with van der Waals surface area (Å²) in [5, 5.41) is 4.22. The van der Waals surface area contributed by atoms with Crippen LogP contribution < -0.4 is 5.32 Å². The summed E-state index contributed by atoms with van der Waals surface area (Å²) in [6, 6.07) is 19.5. The van der Waals surface area contributed by atoms with E-state index in [0.29, 0.717) is 30.8 Å². The normalized spacial score (nSPS) is 17.7. The average Bonchev–Trinajstić information content (AvgIpc) is 3.36. The predicted molar refractivity (Wildman–Crippen MR) is 143 cm³/mol. The molecule has 1 aromatic heterocycles. The second-order valence-corrected chi connectivity index (χ2v) is 11.9. The first-order valence-electron chi connectivity index (χ1n) is 12.5. The van der Waals surface area contributed by atoms with E-state index in [2.05, 4.69) is 15.2 Å². The molecule has 0 amide bonds. The van der Waals surface area contributed by atoms with Crippen LogP contribution in [0.1, 0.15) is 42.5 Å². The summed E-state index contributed by atoms with van der Waals surface area (Å²) in [6.45, 7) is 2.31. The monoisotopic (exact) mass is 524 g/mol. The minimum Gasteiger partial charge on any atom is -0.376 e. The minimum atomic E-state index is -3.67. The summed E-state index contributed by atoms with van der Waals surface area (Å²) in [4.78, 5) is 6.56. The van der Waals surface area contributed by atoms with Crippen LogP contribution in [0.15, 0.2) is 72.0 Å². The van der Waals surface area contributed by atoms with Crippen LogP contribution in [0, 0.1) is 0 Å². The first kappa shape index (κ1) is 24.9. The van der Waals surface area contributed by atoms with Gasteiger partial charge in [0.25, 0.3) is 0 Å². The molecule has 1 aliphatic heterocycles. The molecule has 1 aliphatic carbocycles. The van der Waals surface area contributed by atoms with Gasteiger partial charge in [-0.25, -0.2) is 13.4 Å². The van der Waals surface area contributed by atoms with Crippen LogP contribution in [0.3, 0.4) is 0 Å². The Morgan fingerprint density at radius 1 is 1.06 bits per heavy atom. The quantitative estimate of drug-likeness (QED) is 0.403. The van der Waals surface area contributed by atoms with Crippen LogP contribution in [0.25, 0.3) is 0 Å². The molecular weight excluding hydrogens is 492 g/mol. The molecule has 1 saturated carbocycles. The standard InChI is InChI=1S/C27H32N4O3S2/c32-36(33,20-22-10-5-2-6-11-22)27-28-16-24(31(27)17-21-8-3-1-4-9-21)18-30(19-25-12-7-15-34-25)26(35)29-23-13-14-23/h1-6,8-11,16,23,25H,7,12-15,17-20H2,(H,29,35). The summed E-state index contributed by atoms with van der Waals surface area (Å²) in [5.41, 5.74) is 2.56. The van der Waals surface area contributed by atoms with Gasteiger partial charge in [0.2, 0.25) is 15.0 Å². The van der Waals surface area contributed by atoms with Gasteiger partial charge in [-0.3, -0.25) is 0 Å². The van der Waals surface area contributed by atoms with Gasteiger partial charge in [-0.1, -0.05) is 60.7 Å². The summed E-state index contributed by atoms with van der Waals surface area (Å²) >= 11 is 5.78. The zero-order valence-electron chi connectivity index (χ0n) is 20.3. The van der Waals surface area contributed by atoms with Crippen LogP contribution >= 0.6 is 12.2 Å². The molecule has 1 atom stereocenters. The smallest absolute Gasteiger partial charge is 0.228 e. The Labute approximate surface area is 218 Å². The van der Waals surface area contributed by atoms with Crippen molar-refractivity contribution in [3.05, 3.63) is 83.7 Å². The van der Waals surface area contributed by atoms with E-state index in [4.69, 9.17) is 17.0 Å². The highest BCUT2D eigenvalue weighted by molar-refractivity contribution is 7.90. The molecule has 2 aromatic carbocycles. The molecule has 2 heterocycles. The molecule has 36 heavy (non-hydrogen) atoms. The van der Waals surface area contributed by atoms with Crippen molar-refractivity contribution in [2.24, 2.45) is 0 Å². The van der Waals surface area contributed by atoms with E-state index in [9.17, 15) is 8.42 Å². The van der Waals surface area contributed by atoms with Crippen LogP contribution in [0.2, 0.25) is 0 Å². The predicted octanol–water partition coefficient (Wildman–Crippen LogP) is 3.92. The molecule has 0 bridgehead atoms. The first-order valence-corrected chi connectivity index (χ1v) is 14.6. The summed E-state index contributed by atoms with van der Waals surface area (Å²) < 4.78 is 34.8. The molecule has 2 aliphatic rings. The van der Waals surface area contributed by atoms with Gasteiger partial charge in [0.15, 0.2) is 5.11 Å². The second kappa shape index (κ2) is 11.1. The number of ether oxygens (including phenoxy) is 1. The van der Waals surface area contributed by atoms with Gasteiger partial charge in [0.1, 0.15) is 0 Å². The maximum Gasteiger partial charge on any atom is 0.228 e. The summed E-state index contributed by atoms with van der Waals surface area (Å²) in [5.74, 6) is -0.0969. The van der Waals surface area contributed by atoms with Gasteiger partial charge >= 0.3 is 0 Å². The lowest BCUT2D eigenvalue weighted by molar-refractivity contribution is 0.0892. The third-order valence-electron chi connectivity index (χ3n) is 6.56. The number of aromatic nitrogens is 2. The minimum absolute atomic E-state index is 0.0864. The van der Waals surface area contributed by atoms with E-state index in [0.717, 1.165) is 49.1 Å². The maximum absolute atomic E-state index is 13.5. The van der Waals surface area contributed by atoms with Crippen LogP contribution in [0.4, 0.5) is 0 Å². The molecular formula is C27H32N4O3S2. The molecule has 7 nitrogen and oxygen atoms in total. The lowest BCUT2D eigenvalue weighted by atomic mass is 10.2. The lowest BCUT2D eigenvalue weighted by Crippen LogP contribution is -2.44. The largest absolute Gasteiger partial charge is 0.376 e. The van der Waals surface area contributed by atoms with Crippen molar-refractivity contribution in [1.29, 1.82) is 0 Å². The fourth-order valence-electron chi connectivity index (χ4n) is 4.50. The third-order valence-corrected chi connectivity index (χ3v) is 8.53. The molecule has 3 aromatic rings. The molecule has 2 fully saturated rings. The van der Waals surface area contributed by atoms with E-state index < -0.39 is 9.84 Å². The van der Waals surface area contributed by atoms with Gasteiger partial charge in [0.05, 0.1) is 36.8 Å². The Morgan fingerprint density at radius 2 is 1.75 bits per heavy atom. The van der Waals surface area contributed by atoms with E-state index in [1.54, 1.807) is 6.20 Å². The van der Waals surface area contributed by atoms with Crippen molar-refractivity contribution in [3.8, 4) is 0 Å². The van der Waals surface area contributed by atoms with Crippen LogP contribution in [-0.2, 0) is 33.4 Å². The van der Waals surface area contributed by atoms with E-state index >= 15 is 0 Å². The van der Waals surface area contributed by atoms with Crippen molar-refractivity contribution in [2.75, 3.05) is 13.2 Å². The Hall–Kier alpha value is -2.75. The highest BCUT2D eigenvalue weighted by Crippen LogP contribution is 2.23. The Bertz CT molecular complexity index is 1270. The number of hydrogen-bond donors (Lipinski definition) is 1. The molecule has 1 N–H and O–H groups in total. The number of sulfone groups is 1. The molecule has 9 heteroatoms. The zero-order chi connectivity index (χ0) is 25.0. The van der Waals surface area contributed by atoms with Crippen molar-refractivity contribution >= 4 is 27.2 Å². The number of imidazole rings is 1. The third kappa shape index (κ3) is 6.32. The van der Waals surface area contributed by atoms with Crippen LogP contribution in [-0.4, -0.2) is 53.3 Å². The fraction of sp³-hybridized carbons (Fsp3) is 0.407. The van der Waals surface area contributed by atoms with Gasteiger partial charge in [-0.2, -0.15) is 0 Å². The first-order chi connectivity index (χ1) is 17.5. The van der Waals surface area contributed by atoms with Gasteiger partial charge in [-0.15, -0.1) is 0 Å². The fourth-order valence-corrected chi connectivity index (χ4v) is 6.30. The van der Waals surface area contributed by atoms with Crippen molar-refractivity contribution in [3.63, 3.8) is 0 Å². The summed E-state index contributed by atoms with van der Waals surface area (Å²) in [6.07, 6.45) is 6.11. The topological polar surface area (TPSA) is 76.5 Å².